The van der Waals surface area contributed by atoms with E-state index in [1.165, 1.54) is 17.7 Å². The Morgan fingerprint density at radius 2 is 2.15 bits per heavy atom. The zero-order chi connectivity index (χ0) is 19.3. The number of piperidine rings is 1. The molecule has 1 amide bonds. The van der Waals surface area contributed by atoms with Crippen LogP contribution < -0.4 is 5.32 Å². The lowest BCUT2D eigenvalue weighted by Crippen LogP contribution is -2.63. The van der Waals surface area contributed by atoms with Gasteiger partial charge in [-0.15, -0.1) is 11.8 Å². The predicted octanol–water partition coefficient (Wildman–Crippen LogP) is 0.557. The molecule has 5 atom stereocenters. The van der Waals surface area contributed by atoms with E-state index in [9.17, 15) is 19.8 Å². The van der Waals surface area contributed by atoms with Gasteiger partial charge in [0.15, 0.2) is 0 Å². The van der Waals surface area contributed by atoms with E-state index in [2.05, 4.69) is 10.2 Å². The first-order chi connectivity index (χ1) is 12.9. The monoisotopic (exact) mass is 395 g/mol. The average molecular weight is 396 g/mol. The van der Waals surface area contributed by atoms with Crippen molar-refractivity contribution in [1.29, 1.82) is 0 Å². The summed E-state index contributed by atoms with van der Waals surface area (Å²) in [5, 5.41) is 23.4. The molecule has 0 bridgehead atoms. The van der Waals surface area contributed by atoms with Gasteiger partial charge < -0.3 is 25.3 Å². The second-order valence-corrected chi connectivity index (χ2v) is 9.78. The number of aliphatic carboxylic acids is 1. The van der Waals surface area contributed by atoms with E-state index in [4.69, 9.17) is 0 Å². The Bertz CT molecular complexity index is 655. The summed E-state index contributed by atoms with van der Waals surface area (Å²) in [5.74, 6) is -1.09. The molecule has 27 heavy (non-hydrogen) atoms. The Kier molecular flexibility index (Phi) is 5.26. The van der Waals surface area contributed by atoms with Crippen LogP contribution in [-0.2, 0) is 9.59 Å². The van der Waals surface area contributed by atoms with Gasteiger partial charge in [-0.2, -0.15) is 0 Å². The number of nitrogens with zero attached hydrogens (tertiary/aromatic N) is 2. The van der Waals surface area contributed by atoms with Gasteiger partial charge in [0.05, 0.1) is 18.1 Å². The number of carbonyl (C=O) groups excluding carboxylic acids is 1. The predicted molar refractivity (Wildman–Crippen MR) is 103 cm³/mol. The summed E-state index contributed by atoms with van der Waals surface area (Å²) in [6.07, 6.45) is 1.79. The highest BCUT2D eigenvalue weighted by Gasteiger charge is 2.60. The van der Waals surface area contributed by atoms with Crippen LogP contribution in [0.4, 0.5) is 0 Å². The maximum Gasteiger partial charge on any atom is 0.353 e. The van der Waals surface area contributed by atoms with E-state index in [0.29, 0.717) is 5.25 Å². The van der Waals surface area contributed by atoms with Gasteiger partial charge in [-0.1, -0.05) is 6.92 Å². The highest BCUT2D eigenvalue weighted by molar-refractivity contribution is 8.03. The molecule has 4 rings (SSSR count). The zero-order valence-corrected chi connectivity index (χ0v) is 16.7. The molecule has 4 heterocycles. The number of carboxylic acids is 1. The molecule has 8 heteroatoms. The summed E-state index contributed by atoms with van der Waals surface area (Å²) in [7, 11) is 0. The molecule has 3 fully saturated rings. The van der Waals surface area contributed by atoms with Crippen molar-refractivity contribution in [3.05, 3.63) is 10.6 Å². The summed E-state index contributed by atoms with van der Waals surface area (Å²) >= 11 is 1.63. The van der Waals surface area contributed by atoms with Crippen molar-refractivity contribution in [1.82, 2.24) is 15.1 Å². The van der Waals surface area contributed by atoms with Crippen molar-refractivity contribution in [2.24, 2.45) is 17.8 Å². The van der Waals surface area contributed by atoms with Crippen LogP contribution >= 0.6 is 11.8 Å². The smallest absolute Gasteiger partial charge is 0.353 e. The van der Waals surface area contributed by atoms with Crippen molar-refractivity contribution >= 4 is 23.6 Å². The van der Waals surface area contributed by atoms with Gasteiger partial charge in [0.2, 0.25) is 5.91 Å². The first-order valence-corrected chi connectivity index (χ1v) is 10.8. The molecular formula is C19H29N3O4S. The number of aliphatic hydroxyl groups excluding tert-OH is 1. The van der Waals surface area contributed by atoms with Crippen LogP contribution in [0, 0.1) is 17.8 Å². The van der Waals surface area contributed by atoms with Gasteiger partial charge in [0, 0.05) is 35.7 Å². The third-order valence-corrected chi connectivity index (χ3v) is 7.89. The lowest BCUT2D eigenvalue weighted by atomic mass is 9.79. The minimum Gasteiger partial charge on any atom is -0.477 e. The molecular weight excluding hydrogens is 366 g/mol. The summed E-state index contributed by atoms with van der Waals surface area (Å²) in [4.78, 5) is 28.9. The fraction of sp³-hybridized carbons (Fsp3) is 0.789. The van der Waals surface area contributed by atoms with Crippen molar-refractivity contribution < 1.29 is 19.8 Å². The Morgan fingerprint density at radius 3 is 2.74 bits per heavy atom. The molecule has 150 valence electrons. The fourth-order valence-electron chi connectivity index (χ4n) is 5.05. The lowest BCUT2D eigenvalue weighted by molar-refractivity contribution is -0.163. The van der Waals surface area contributed by atoms with E-state index in [1.54, 1.807) is 18.7 Å². The first kappa shape index (κ1) is 19.2. The van der Waals surface area contributed by atoms with Crippen LogP contribution in [0.2, 0.25) is 0 Å². The second-order valence-electron chi connectivity index (χ2n) is 8.44. The van der Waals surface area contributed by atoms with Gasteiger partial charge >= 0.3 is 5.97 Å². The number of rotatable bonds is 6. The van der Waals surface area contributed by atoms with Crippen LogP contribution in [0.1, 0.15) is 26.7 Å². The standard InChI is InChI=1S/C19H29N3O4S/c1-10-15-14(11(2)23)18(24)22(15)16(19(25)26)17(10)27-13-8-21(9-13)7-12-4-3-5-20-6-12/h10-15,20,23H,3-9H2,1-2H3,(H,25,26)/t10-,11?,12?,14-,15-/m1/s1. The molecule has 0 spiro atoms. The lowest BCUT2D eigenvalue weighted by Gasteiger charge is -2.46. The number of hydrogen-bond donors (Lipinski definition) is 3. The number of aliphatic hydroxyl groups is 1. The molecule has 7 nitrogen and oxygen atoms in total. The number of carbonyl (C=O) groups is 2. The SMILES string of the molecule is CC(O)[C@H]1C(=O)N2C(C(=O)O)=C(SC3CN(CC4CCCNC4)C3)[C@H](C)[C@H]12. The molecule has 3 saturated heterocycles. The van der Waals surface area contributed by atoms with E-state index in [0.717, 1.165) is 43.5 Å². The Balaban J connectivity index is 1.38. The number of hydrogen-bond acceptors (Lipinski definition) is 6. The number of thioether (sulfide) groups is 1. The number of carboxylic acid groups (broad SMARTS) is 1. The molecule has 3 N–H and O–H groups in total. The van der Waals surface area contributed by atoms with Crippen LogP contribution in [0.3, 0.4) is 0 Å². The number of β-lactam (4-membered cyclic amide) rings is 1. The Hall–Kier alpha value is -1.09. The fourth-order valence-corrected chi connectivity index (χ4v) is 6.63. The highest BCUT2D eigenvalue weighted by atomic mass is 32.2. The highest BCUT2D eigenvalue weighted by Crippen LogP contribution is 2.51. The van der Waals surface area contributed by atoms with Gasteiger partial charge in [-0.05, 0) is 38.8 Å². The maximum atomic E-state index is 12.4. The summed E-state index contributed by atoms with van der Waals surface area (Å²) in [6.45, 7) is 8.89. The molecule has 4 aliphatic heterocycles. The topological polar surface area (TPSA) is 93.1 Å². The third-order valence-electron chi connectivity index (χ3n) is 6.44. The third kappa shape index (κ3) is 3.30. The molecule has 0 aromatic rings. The van der Waals surface area contributed by atoms with Gasteiger partial charge in [0.1, 0.15) is 5.70 Å². The van der Waals surface area contributed by atoms with Gasteiger partial charge in [-0.25, -0.2) is 4.79 Å². The average Bonchev–Trinajstić information content (AvgIpc) is 2.83. The molecule has 0 aliphatic carbocycles. The zero-order valence-electron chi connectivity index (χ0n) is 15.9. The quantitative estimate of drug-likeness (QED) is 0.566. The number of fused-ring (bicyclic) bond motifs is 1. The molecule has 0 radical (unpaired) electrons. The normalized spacial score (nSPS) is 35.7. The van der Waals surface area contributed by atoms with Crippen molar-refractivity contribution in [3.8, 4) is 0 Å². The number of likely N-dealkylation sites (tertiary alicyclic amines) is 1. The van der Waals surface area contributed by atoms with Crippen LogP contribution in [-0.4, -0.2) is 82.0 Å². The van der Waals surface area contributed by atoms with E-state index in [1.807, 2.05) is 6.92 Å². The van der Waals surface area contributed by atoms with Gasteiger partial charge in [0.25, 0.3) is 0 Å². The van der Waals surface area contributed by atoms with Crippen molar-refractivity contribution in [3.63, 3.8) is 0 Å². The number of nitrogens with one attached hydrogen (secondary N) is 1. The summed E-state index contributed by atoms with van der Waals surface area (Å²) in [6, 6.07) is -0.212. The van der Waals surface area contributed by atoms with Crippen LogP contribution in [0.5, 0.6) is 0 Å². The summed E-state index contributed by atoms with van der Waals surface area (Å²) in [5.41, 5.74) is 0.148. The van der Waals surface area contributed by atoms with E-state index < -0.39 is 18.0 Å². The Morgan fingerprint density at radius 1 is 1.41 bits per heavy atom. The number of amides is 1. The van der Waals surface area contributed by atoms with Crippen LogP contribution in [0.15, 0.2) is 10.6 Å². The largest absolute Gasteiger partial charge is 0.477 e. The maximum absolute atomic E-state index is 12.4. The van der Waals surface area contributed by atoms with Crippen molar-refractivity contribution in [2.45, 2.75) is 44.1 Å². The minimum absolute atomic E-state index is 0.0324. The molecule has 0 aromatic heterocycles. The van der Waals surface area contributed by atoms with Crippen LogP contribution in [0.25, 0.3) is 0 Å². The van der Waals surface area contributed by atoms with E-state index in [-0.39, 0.29) is 23.6 Å². The molecule has 4 aliphatic rings. The molecule has 0 aromatic carbocycles. The Labute approximate surface area is 164 Å². The van der Waals surface area contributed by atoms with Crippen molar-refractivity contribution in [2.75, 3.05) is 32.7 Å². The molecule has 2 unspecified atom stereocenters. The minimum atomic E-state index is -1.03. The first-order valence-electron chi connectivity index (χ1n) is 9.96. The second kappa shape index (κ2) is 7.39. The van der Waals surface area contributed by atoms with Gasteiger partial charge in [-0.3, -0.25) is 4.79 Å². The molecule has 0 saturated carbocycles. The summed E-state index contributed by atoms with van der Waals surface area (Å²) < 4.78 is 0. The van der Waals surface area contributed by atoms with E-state index >= 15 is 0 Å².